The van der Waals surface area contributed by atoms with E-state index >= 15 is 0 Å². The first-order valence-electron chi connectivity index (χ1n) is 4.69. The highest BCUT2D eigenvalue weighted by Gasteiger charge is 2.02. The van der Waals surface area contributed by atoms with Crippen molar-refractivity contribution < 1.29 is 4.39 Å². The Kier molecular flexibility index (Phi) is 3.31. The average molecular weight is 238 g/mol. The molecule has 0 atom stereocenters. The highest BCUT2D eigenvalue weighted by Crippen LogP contribution is 2.22. The summed E-state index contributed by atoms with van der Waals surface area (Å²) in [5.74, 6) is -0.328. The molecule has 0 saturated heterocycles. The zero-order valence-electron chi connectivity index (χ0n) is 8.32. The Balaban J connectivity index is 2.08. The molecule has 5 heteroatoms. The molecule has 0 radical (unpaired) electrons. The summed E-state index contributed by atoms with van der Waals surface area (Å²) in [6, 6.07) is 4.17. The normalized spacial score (nSPS) is 10.1. The molecule has 3 nitrogen and oxygen atoms in total. The van der Waals surface area contributed by atoms with Gasteiger partial charge in [0.2, 0.25) is 0 Å². The predicted octanol–water partition coefficient (Wildman–Crippen LogP) is 2.88. The van der Waals surface area contributed by atoms with E-state index in [1.807, 2.05) is 0 Å². The number of aromatic nitrogens is 2. The van der Waals surface area contributed by atoms with Crippen LogP contribution in [0.1, 0.15) is 5.69 Å². The van der Waals surface area contributed by atoms with Gasteiger partial charge in [-0.25, -0.2) is 4.39 Å². The fourth-order valence-electron chi connectivity index (χ4n) is 1.24. The van der Waals surface area contributed by atoms with Crippen molar-refractivity contribution >= 4 is 17.3 Å². The van der Waals surface area contributed by atoms with Crippen molar-refractivity contribution in [2.75, 3.05) is 5.32 Å². The number of hydrogen-bond acceptors (Lipinski definition) is 3. The fourth-order valence-corrected chi connectivity index (χ4v) is 1.42. The summed E-state index contributed by atoms with van der Waals surface area (Å²) in [6.07, 6.45) is 4.84. The minimum Gasteiger partial charge on any atom is -0.378 e. The minimum absolute atomic E-state index is 0.328. The molecule has 82 valence electrons. The van der Waals surface area contributed by atoms with E-state index in [4.69, 9.17) is 11.6 Å². The van der Waals surface area contributed by atoms with E-state index in [0.29, 0.717) is 17.3 Å². The van der Waals surface area contributed by atoms with Crippen molar-refractivity contribution in [1.82, 2.24) is 9.97 Å². The Morgan fingerprint density at radius 1 is 1.31 bits per heavy atom. The third-order valence-corrected chi connectivity index (χ3v) is 2.33. The Labute approximate surface area is 97.3 Å². The summed E-state index contributed by atoms with van der Waals surface area (Å²) >= 11 is 5.90. The molecule has 0 bridgehead atoms. The molecule has 0 amide bonds. The first-order valence-corrected chi connectivity index (χ1v) is 5.07. The third-order valence-electron chi connectivity index (χ3n) is 2.01. The Bertz CT molecular complexity index is 476. The van der Waals surface area contributed by atoms with Crippen LogP contribution >= 0.6 is 11.6 Å². The van der Waals surface area contributed by atoms with Crippen LogP contribution in [0.15, 0.2) is 36.8 Å². The van der Waals surface area contributed by atoms with E-state index in [2.05, 4.69) is 15.3 Å². The van der Waals surface area contributed by atoms with Gasteiger partial charge in [0.05, 0.1) is 29.1 Å². The van der Waals surface area contributed by atoms with E-state index < -0.39 is 0 Å². The molecule has 0 aliphatic rings. The lowest BCUT2D eigenvalue weighted by molar-refractivity contribution is 0.628. The average Bonchev–Trinajstić information content (AvgIpc) is 2.32. The van der Waals surface area contributed by atoms with Crippen LogP contribution in [0, 0.1) is 5.82 Å². The van der Waals surface area contributed by atoms with Crippen LogP contribution in [0.3, 0.4) is 0 Å². The molecule has 0 fully saturated rings. The van der Waals surface area contributed by atoms with Crippen LogP contribution in [0.25, 0.3) is 0 Å². The molecule has 16 heavy (non-hydrogen) atoms. The largest absolute Gasteiger partial charge is 0.378 e. The van der Waals surface area contributed by atoms with Gasteiger partial charge in [-0.15, -0.1) is 0 Å². The summed E-state index contributed by atoms with van der Waals surface area (Å²) in [6.45, 7) is 0.455. The molecule has 1 aromatic carbocycles. The summed E-state index contributed by atoms with van der Waals surface area (Å²) in [4.78, 5) is 8.01. The number of nitrogens with zero attached hydrogens (tertiary/aromatic N) is 2. The molecule has 1 N–H and O–H groups in total. The summed E-state index contributed by atoms with van der Waals surface area (Å²) in [5, 5.41) is 3.47. The highest BCUT2D eigenvalue weighted by molar-refractivity contribution is 6.33. The number of rotatable bonds is 3. The molecule has 1 heterocycles. The monoisotopic (exact) mass is 237 g/mol. The first kappa shape index (κ1) is 10.8. The van der Waals surface area contributed by atoms with Crippen LogP contribution in [0.5, 0.6) is 0 Å². The SMILES string of the molecule is Fc1ccc(Cl)c(NCc2cnccn2)c1. The number of halogens is 2. The molecule has 0 aliphatic heterocycles. The van der Waals surface area contributed by atoms with Gasteiger partial charge < -0.3 is 5.32 Å². The molecule has 0 spiro atoms. The van der Waals surface area contributed by atoms with Crippen LogP contribution in [0.2, 0.25) is 5.02 Å². The zero-order valence-corrected chi connectivity index (χ0v) is 9.08. The van der Waals surface area contributed by atoms with Gasteiger partial charge in [0.25, 0.3) is 0 Å². The quantitative estimate of drug-likeness (QED) is 0.892. The topological polar surface area (TPSA) is 37.8 Å². The zero-order chi connectivity index (χ0) is 11.4. The summed E-state index contributed by atoms with van der Waals surface area (Å²) < 4.78 is 12.9. The molecule has 1 aromatic heterocycles. The lowest BCUT2D eigenvalue weighted by atomic mass is 10.3. The highest BCUT2D eigenvalue weighted by atomic mass is 35.5. The van der Waals surface area contributed by atoms with Crippen molar-refractivity contribution in [1.29, 1.82) is 0 Å². The van der Waals surface area contributed by atoms with Gasteiger partial charge in [0, 0.05) is 12.4 Å². The van der Waals surface area contributed by atoms with Crippen LogP contribution < -0.4 is 5.32 Å². The summed E-state index contributed by atoms with van der Waals surface area (Å²) in [7, 11) is 0. The predicted molar refractivity (Wildman–Crippen MR) is 60.8 cm³/mol. The Morgan fingerprint density at radius 3 is 2.94 bits per heavy atom. The molecular weight excluding hydrogens is 229 g/mol. The molecule has 0 aliphatic carbocycles. The van der Waals surface area contributed by atoms with Gasteiger partial charge in [0.1, 0.15) is 5.82 Å². The van der Waals surface area contributed by atoms with E-state index in [-0.39, 0.29) is 5.82 Å². The number of nitrogens with one attached hydrogen (secondary N) is 1. The van der Waals surface area contributed by atoms with Gasteiger partial charge in [0.15, 0.2) is 0 Å². The van der Waals surface area contributed by atoms with Gasteiger partial charge in [-0.3, -0.25) is 9.97 Å². The van der Waals surface area contributed by atoms with Crippen LogP contribution in [-0.2, 0) is 6.54 Å². The lowest BCUT2D eigenvalue weighted by Gasteiger charge is -2.07. The molecular formula is C11H9ClFN3. The smallest absolute Gasteiger partial charge is 0.125 e. The van der Waals surface area contributed by atoms with E-state index in [9.17, 15) is 4.39 Å². The van der Waals surface area contributed by atoms with Crippen molar-refractivity contribution in [3.8, 4) is 0 Å². The second-order valence-corrected chi connectivity index (χ2v) is 3.58. The fraction of sp³-hybridized carbons (Fsp3) is 0.0909. The molecule has 2 rings (SSSR count). The van der Waals surface area contributed by atoms with Crippen molar-refractivity contribution in [3.63, 3.8) is 0 Å². The molecule has 0 unspecified atom stereocenters. The van der Waals surface area contributed by atoms with Crippen molar-refractivity contribution in [3.05, 3.63) is 53.3 Å². The third kappa shape index (κ3) is 2.67. The molecule has 2 aromatic rings. The number of anilines is 1. The van der Waals surface area contributed by atoms with Crippen LogP contribution in [0.4, 0.5) is 10.1 Å². The van der Waals surface area contributed by atoms with Gasteiger partial charge >= 0.3 is 0 Å². The number of benzene rings is 1. The van der Waals surface area contributed by atoms with Crippen molar-refractivity contribution in [2.24, 2.45) is 0 Å². The first-order chi connectivity index (χ1) is 7.75. The maximum absolute atomic E-state index is 12.9. The molecule has 0 saturated carbocycles. The second-order valence-electron chi connectivity index (χ2n) is 3.17. The van der Waals surface area contributed by atoms with E-state index in [1.165, 1.54) is 18.2 Å². The van der Waals surface area contributed by atoms with Gasteiger partial charge in [-0.05, 0) is 18.2 Å². The standard InChI is InChI=1S/C11H9ClFN3/c12-10-2-1-8(13)5-11(10)16-7-9-6-14-3-4-15-9/h1-6,16H,7H2. The summed E-state index contributed by atoms with van der Waals surface area (Å²) in [5.41, 5.74) is 1.31. The number of hydrogen-bond donors (Lipinski definition) is 1. The lowest BCUT2D eigenvalue weighted by Crippen LogP contribution is -2.02. The minimum atomic E-state index is -0.328. The second kappa shape index (κ2) is 4.90. The van der Waals surface area contributed by atoms with Gasteiger partial charge in [-0.1, -0.05) is 11.6 Å². The van der Waals surface area contributed by atoms with E-state index in [0.717, 1.165) is 5.69 Å². The maximum Gasteiger partial charge on any atom is 0.125 e. The van der Waals surface area contributed by atoms with E-state index in [1.54, 1.807) is 18.6 Å². The Morgan fingerprint density at radius 2 is 2.19 bits per heavy atom. The van der Waals surface area contributed by atoms with Crippen molar-refractivity contribution in [2.45, 2.75) is 6.54 Å². The Hall–Kier alpha value is -1.68. The van der Waals surface area contributed by atoms with Crippen LogP contribution in [-0.4, -0.2) is 9.97 Å². The maximum atomic E-state index is 12.9. The van der Waals surface area contributed by atoms with Gasteiger partial charge in [-0.2, -0.15) is 0 Å².